The van der Waals surface area contributed by atoms with Crippen molar-refractivity contribution in [1.82, 2.24) is 9.62 Å². The molecular formula is C18H23FN2O4S2. The summed E-state index contributed by atoms with van der Waals surface area (Å²) < 4.78 is 66.2. The van der Waals surface area contributed by atoms with Gasteiger partial charge >= 0.3 is 0 Å². The third-order valence-electron chi connectivity index (χ3n) is 3.96. The summed E-state index contributed by atoms with van der Waals surface area (Å²) in [4.78, 5) is 1.59. The van der Waals surface area contributed by atoms with Crippen molar-refractivity contribution in [3.63, 3.8) is 0 Å². The second-order valence-corrected chi connectivity index (χ2v) is 10.1. The minimum Gasteiger partial charge on any atom is -0.309 e. The Morgan fingerprint density at radius 3 is 2.15 bits per heavy atom. The van der Waals surface area contributed by atoms with Crippen LogP contribution < -0.4 is 4.72 Å². The average Bonchev–Trinajstić information content (AvgIpc) is 2.59. The SMILES string of the molecule is Cc1ccc(S(=O)(=O)c2ccc(F)cc2)cc1S(=O)(=O)NCCCN(C)C. The first-order chi connectivity index (χ1) is 12.5. The molecule has 27 heavy (non-hydrogen) atoms. The summed E-state index contributed by atoms with van der Waals surface area (Å²) >= 11 is 0. The molecule has 2 rings (SSSR count). The van der Waals surface area contributed by atoms with Crippen LogP contribution in [0.15, 0.2) is 57.2 Å². The highest BCUT2D eigenvalue weighted by atomic mass is 32.2. The fourth-order valence-electron chi connectivity index (χ4n) is 2.47. The molecule has 0 atom stereocenters. The Kier molecular flexibility index (Phi) is 6.74. The molecule has 0 saturated carbocycles. The van der Waals surface area contributed by atoms with E-state index in [-0.39, 0.29) is 21.2 Å². The van der Waals surface area contributed by atoms with Crippen LogP contribution in [-0.2, 0) is 19.9 Å². The Hall–Kier alpha value is -1.81. The number of sulfone groups is 1. The molecule has 0 spiro atoms. The van der Waals surface area contributed by atoms with Gasteiger partial charge in [0.25, 0.3) is 0 Å². The summed E-state index contributed by atoms with van der Waals surface area (Å²) in [5.74, 6) is -0.553. The largest absolute Gasteiger partial charge is 0.309 e. The maximum atomic E-state index is 13.1. The second kappa shape index (κ2) is 8.47. The zero-order valence-electron chi connectivity index (χ0n) is 15.4. The Morgan fingerprint density at radius 2 is 1.56 bits per heavy atom. The predicted octanol–water partition coefficient (Wildman–Crippen LogP) is 2.20. The molecule has 1 N–H and O–H groups in total. The third-order valence-corrected chi connectivity index (χ3v) is 7.33. The molecular weight excluding hydrogens is 391 g/mol. The number of nitrogens with zero attached hydrogens (tertiary/aromatic N) is 1. The van der Waals surface area contributed by atoms with Crippen molar-refractivity contribution in [2.45, 2.75) is 28.0 Å². The van der Waals surface area contributed by atoms with Gasteiger partial charge in [-0.05, 0) is 75.9 Å². The van der Waals surface area contributed by atoms with E-state index in [0.29, 0.717) is 12.0 Å². The van der Waals surface area contributed by atoms with Gasteiger partial charge in [0.05, 0.1) is 14.7 Å². The van der Waals surface area contributed by atoms with Crippen LogP contribution in [0.4, 0.5) is 4.39 Å². The molecule has 0 unspecified atom stereocenters. The second-order valence-electron chi connectivity index (χ2n) is 6.44. The van der Waals surface area contributed by atoms with Crippen molar-refractivity contribution >= 4 is 19.9 Å². The van der Waals surface area contributed by atoms with Gasteiger partial charge in [-0.15, -0.1) is 0 Å². The van der Waals surface area contributed by atoms with E-state index >= 15 is 0 Å². The van der Waals surface area contributed by atoms with E-state index in [1.54, 1.807) is 6.92 Å². The maximum Gasteiger partial charge on any atom is 0.240 e. The highest BCUT2D eigenvalue weighted by Crippen LogP contribution is 2.25. The molecule has 0 aliphatic rings. The highest BCUT2D eigenvalue weighted by Gasteiger charge is 2.23. The minimum atomic E-state index is -3.96. The summed E-state index contributed by atoms with van der Waals surface area (Å²) in [5, 5.41) is 0. The molecule has 0 heterocycles. The molecule has 2 aromatic carbocycles. The standard InChI is InChI=1S/C18H23FN2O4S2/c1-14-5-8-17(26(22,23)16-9-6-15(19)7-10-16)13-18(14)27(24,25)20-11-4-12-21(2)3/h5-10,13,20H,4,11-12H2,1-3H3. The van der Waals surface area contributed by atoms with Crippen molar-refractivity contribution in [3.8, 4) is 0 Å². The van der Waals surface area contributed by atoms with Crippen molar-refractivity contribution in [1.29, 1.82) is 0 Å². The lowest BCUT2D eigenvalue weighted by Crippen LogP contribution is -2.28. The lowest BCUT2D eigenvalue weighted by molar-refractivity contribution is 0.400. The molecule has 0 bridgehead atoms. The van der Waals surface area contributed by atoms with Crippen LogP contribution in [-0.4, -0.2) is 48.9 Å². The number of hydrogen-bond donors (Lipinski definition) is 1. The summed E-state index contributed by atoms with van der Waals surface area (Å²) in [5.41, 5.74) is 0.438. The van der Waals surface area contributed by atoms with Gasteiger partial charge in [-0.2, -0.15) is 0 Å². The Labute approximate surface area is 160 Å². The van der Waals surface area contributed by atoms with Crippen LogP contribution in [0.3, 0.4) is 0 Å². The van der Waals surface area contributed by atoms with Gasteiger partial charge in [-0.1, -0.05) is 6.07 Å². The fraction of sp³-hybridized carbons (Fsp3) is 0.333. The summed E-state index contributed by atoms with van der Waals surface area (Å²) in [6.07, 6.45) is 0.624. The monoisotopic (exact) mass is 414 g/mol. The number of hydrogen-bond acceptors (Lipinski definition) is 5. The van der Waals surface area contributed by atoms with Gasteiger partial charge in [-0.3, -0.25) is 0 Å². The number of nitrogens with one attached hydrogen (secondary N) is 1. The summed E-state index contributed by atoms with van der Waals surface area (Å²) in [7, 11) is -4.03. The number of aryl methyl sites for hydroxylation is 1. The first-order valence-electron chi connectivity index (χ1n) is 8.30. The van der Waals surface area contributed by atoms with Gasteiger partial charge in [0.15, 0.2) is 0 Å². The fourth-order valence-corrected chi connectivity index (χ4v) is 5.17. The van der Waals surface area contributed by atoms with Crippen LogP contribution >= 0.6 is 0 Å². The lowest BCUT2D eigenvalue weighted by Gasteiger charge is -2.13. The smallest absolute Gasteiger partial charge is 0.240 e. The first kappa shape index (κ1) is 21.5. The number of rotatable bonds is 8. The van der Waals surface area contributed by atoms with E-state index < -0.39 is 25.7 Å². The van der Waals surface area contributed by atoms with Gasteiger partial charge in [0, 0.05) is 6.54 Å². The van der Waals surface area contributed by atoms with E-state index in [9.17, 15) is 21.2 Å². The molecule has 0 aliphatic carbocycles. The zero-order valence-corrected chi connectivity index (χ0v) is 17.1. The van der Waals surface area contributed by atoms with Crippen molar-refractivity contribution < 1.29 is 21.2 Å². The van der Waals surface area contributed by atoms with Gasteiger partial charge in [0.2, 0.25) is 19.9 Å². The molecule has 148 valence electrons. The summed E-state index contributed by atoms with van der Waals surface area (Å²) in [6, 6.07) is 8.33. The van der Waals surface area contributed by atoms with Crippen molar-refractivity contribution in [2.75, 3.05) is 27.2 Å². The van der Waals surface area contributed by atoms with Crippen LogP contribution in [0.2, 0.25) is 0 Å². The van der Waals surface area contributed by atoms with E-state index in [1.807, 2.05) is 19.0 Å². The van der Waals surface area contributed by atoms with E-state index in [1.165, 1.54) is 12.1 Å². The van der Waals surface area contributed by atoms with E-state index in [0.717, 1.165) is 36.9 Å². The predicted molar refractivity (Wildman–Crippen MR) is 101 cm³/mol. The Morgan fingerprint density at radius 1 is 0.963 bits per heavy atom. The van der Waals surface area contributed by atoms with Crippen LogP contribution in [0.1, 0.15) is 12.0 Å². The lowest BCUT2D eigenvalue weighted by atomic mass is 10.2. The quantitative estimate of drug-likeness (QED) is 0.529. The number of sulfonamides is 1. The average molecular weight is 415 g/mol. The molecule has 0 aromatic heterocycles. The molecule has 0 aliphatic heterocycles. The highest BCUT2D eigenvalue weighted by molar-refractivity contribution is 7.91. The third kappa shape index (κ3) is 5.35. The normalized spacial score (nSPS) is 12.5. The molecule has 0 radical (unpaired) electrons. The van der Waals surface area contributed by atoms with Gasteiger partial charge < -0.3 is 4.90 Å². The molecule has 9 heteroatoms. The minimum absolute atomic E-state index is 0.0875. The Balaban J connectivity index is 2.34. The van der Waals surface area contributed by atoms with Crippen LogP contribution in [0, 0.1) is 12.7 Å². The molecule has 2 aromatic rings. The maximum absolute atomic E-state index is 13.1. The Bertz CT molecular complexity index is 1000. The van der Waals surface area contributed by atoms with Crippen molar-refractivity contribution in [2.24, 2.45) is 0 Å². The van der Waals surface area contributed by atoms with Crippen LogP contribution in [0.5, 0.6) is 0 Å². The van der Waals surface area contributed by atoms with Gasteiger partial charge in [-0.25, -0.2) is 25.9 Å². The van der Waals surface area contributed by atoms with E-state index in [4.69, 9.17) is 0 Å². The van der Waals surface area contributed by atoms with Crippen LogP contribution in [0.25, 0.3) is 0 Å². The molecule has 6 nitrogen and oxygen atoms in total. The number of benzene rings is 2. The topological polar surface area (TPSA) is 83.5 Å². The molecule has 0 saturated heterocycles. The van der Waals surface area contributed by atoms with Crippen molar-refractivity contribution in [3.05, 3.63) is 53.8 Å². The zero-order chi connectivity index (χ0) is 20.2. The molecule has 0 fully saturated rings. The van der Waals surface area contributed by atoms with E-state index in [2.05, 4.69) is 4.72 Å². The number of halogens is 1. The molecule has 0 amide bonds. The first-order valence-corrected chi connectivity index (χ1v) is 11.3. The van der Waals surface area contributed by atoms with Gasteiger partial charge in [0.1, 0.15) is 5.82 Å². The summed E-state index contributed by atoms with van der Waals surface area (Å²) in [6.45, 7) is 2.57.